The number of anilines is 1. The standard InChI is InChI=1S/C17H22N4O4S/c1-3-26(24,25)21-10-8-20(9-11-21)17(23)18-14-5-4-13-6-7-19(2)16(22)15(13)12-14/h4-7,12H,3,8-11H2,1-2H3,(H,18,23). The summed E-state index contributed by atoms with van der Waals surface area (Å²) in [5.41, 5.74) is 0.409. The summed E-state index contributed by atoms with van der Waals surface area (Å²) in [6.07, 6.45) is 1.70. The molecule has 0 bridgehead atoms. The van der Waals surface area contributed by atoms with Crippen LogP contribution in [0, 0.1) is 0 Å². The molecular weight excluding hydrogens is 356 g/mol. The number of pyridine rings is 1. The normalized spacial score (nSPS) is 16.0. The van der Waals surface area contributed by atoms with Gasteiger partial charge in [0.2, 0.25) is 10.0 Å². The maximum absolute atomic E-state index is 12.4. The Labute approximate surface area is 152 Å². The quantitative estimate of drug-likeness (QED) is 0.864. The molecule has 1 fully saturated rings. The van der Waals surface area contributed by atoms with Gasteiger partial charge in [-0.05, 0) is 30.5 Å². The Morgan fingerprint density at radius 2 is 1.85 bits per heavy atom. The number of fused-ring (bicyclic) bond motifs is 1. The molecule has 3 rings (SSSR count). The molecule has 8 nitrogen and oxygen atoms in total. The fourth-order valence-electron chi connectivity index (χ4n) is 2.97. The molecule has 0 spiro atoms. The molecule has 0 saturated carbocycles. The van der Waals surface area contributed by atoms with E-state index >= 15 is 0 Å². The zero-order chi connectivity index (χ0) is 18.9. The molecule has 1 aliphatic rings. The Balaban J connectivity index is 1.70. The monoisotopic (exact) mass is 378 g/mol. The van der Waals surface area contributed by atoms with Crippen molar-refractivity contribution < 1.29 is 13.2 Å². The second-order valence-electron chi connectivity index (χ2n) is 6.25. The van der Waals surface area contributed by atoms with Crippen LogP contribution in [0.4, 0.5) is 10.5 Å². The van der Waals surface area contributed by atoms with Crippen LogP contribution in [0.5, 0.6) is 0 Å². The van der Waals surface area contributed by atoms with Crippen molar-refractivity contribution in [2.24, 2.45) is 7.05 Å². The lowest BCUT2D eigenvalue weighted by Gasteiger charge is -2.33. The highest BCUT2D eigenvalue weighted by atomic mass is 32.2. The fraction of sp³-hybridized carbons (Fsp3) is 0.412. The molecule has 0 aliphatic carbocycles. The summed E-state index contributed by atoms with van der Waals surface area (Å²) >= 11 is 0. The number of nitrogens with one attached hydrogen (secondary N) is 1. The van der Waals surface area contributed by atoms with Crippen molar-refractivity contribution in [2.45, 2.75) is 6.92 Å². The molecule has 2 heterocycles. The summed E-state index contributed by atoms with van der Waals surface area (Å²) in [6.45, 7) is 2.86. The van der Waals surface area contributed by atoms with E-state index in [2.05, 4.69) is 5.32 Å². The Morgan fingerprint density at radius 1 is 1.15 bits per heavy atom. The average Bonchev–Trinajstić information content (AvgIpc) is 2.65. The number of piperazine rings is 1. The number of nitrogens with zero attached hydrogens (tertiary/aromatic N) is 3. The topological polar surface area (TPSA) is 91.7 Å². The van der Waals surface area contributed by atoms with Gasteiger partial charge >= 0.3 is 6.03 Å². The largest absolute Gasteiger partial charge is 0.322 e. The van der Waals surface area contributed by atoms with E-state index in [1.807, 2.05) is 6.07 Å². The fourth-order valence-corrected chi connectivity index (χ4v) is 4.05. The molecule has 0 radical (unpaired) electrons. The minimum atomic E-state index is -3.22. The van der Waals surface area contributed by atoms with E-state index in [9.17, 15) is 18.0 Å². The van der Waals surface area contributed by atoms with Crippen LogP contribution in [0.3, 0.4) is 0 Å². The van der Waals surface area contributed by atoms with Gasteiger partial charge in [-0.2, -0.15) is 4.31 Å². The maximum atomic E-state index is 12.4. The first-order valence-corrected chi connectivity index (χ1v) is 10.1. The zero-order valence-corrected chi connectivity index (χ0v) is 15.6. The number of hydrogen-bond acceptors (Lipinski definition) is 4. The third kappa shape index (κ3) is 3.58. The number of aromatic nitrogens is 1. The molecule has 140 valence electrons. The summed E-state index contributed by atoms with van der Waals surface area (Å²) in [5, 5.41) is 4.13. The molecule has 2 amide bonds. The van der Waals surface area contributed by atoms with Crippen molar-refractivity contribution in [3.8, 4) is 0 Å². The van der Waals surface area contributed by atoms with Crippen molar-refractivity contribution >= 4 is 32.5 Å². The van der Waals surface area contributed by atoms with E-state index in [4.69, 9.17) is 0 Å². The molecule has 1 aliphatic heterocycles. The van der Waals surface area contributed by atoms with Gasteiger partial charge in [0.05, 0.1) is 5.75 Å². The number of amides is 2. The van der Waals surface area contributed by atoms with Gasteiger partial charge in [-0.1, -0.05) is 6.07 Å². The Hall–Kier alpha value is -2.39. The molecule has 2 aromatic rings. The summed E-state index contributed by atoms with van der Waals surface area (Å²) < 4.78 is 26.7. The van der Waals surface area contributed by atoms with E-state index in [-0.39, 0.29) is 17.3 Å². The molecule has 9 heteroatoms. The molecule has 0 unspecified atom stereocenters. The first kappa shape index (κ1) is 18.4. The minimum Gasteiger partial charge on any atom is -0.322 e. The van der Waals surface area contributed by atoms with E-state index < -0.39 is 10.0 Å². The first-order valence-electron chi connectivity index (χ1n) is 8.45. The zero-order valence-electron chi connectivity index (χ0n) is 14.8. The van der Waals surface area contributed by atoms with Gasteiger partial charge in [-0.3, -0.25) is 4.79 Å². The van der Waals surface area contributed by atoms with E-state index in [0.717, 1.165) is 5.39 Å². The molecule has 1 aromatic carbocycles. The first-order chi connectivity index (χ1) is 12.3. The predicted molar refractivity (Wildman–Crippen MR) is 101 cm³/mol. The minimum absolute atomic E-state index is 0.0608. The van der Waals surface area contributed by atoms with Crippen LogP contribution in [0.2, 0.25) is 0 Å². The highest BCUT2D eigenvalue weighted by Crippen LogP contribution is 2.17. The number of sulfonamides is 1. The lowest BCUT2D eigenvalue weighted by molar-refractivity contribution is 0.184. The lowest BCUT2D eigenvalue weighted by Crippen LogP contribution is -2.51. The molecule has 1 aromatic heterocycles. The van der Waals surface area contributed by atoms with Gasteiger partial charge in [0.15, 0.2) is 0 Å². The smallest absolute Gasteiger partial charge is 0.321 e. The van der Waals surface area contributed by atoms with E-state index in [1.54, 1.807) is 43.3 Å². The van der Waals surface area contributed by atoms with Crippen LogP contribution < -0.4 is 10.9 Å². The second kappa shape index (κ2) is 7.08. The SMILES string of the molecule is CCS(=O)(=O)N1CCN(C(=O)Nc2ccc3ccn(C)c(=O)c3c2)CC1. The van der Waals surface area contributed by atoms with E-state index in [1.165, 1.54) is 8.87 Å². The van der Waals surface area contributed by atoms with Crippen LogP contribution >= 0.6 is 0 Å². The molecular formula is C17H22N4O4S. The summed E-state index contributed by atoms with van der Waals surface area (Å²) in [7, 11) is -1.55. The van der Waals surface area contributed by atoms with Gasteiger partial charge in [0.1, 0.15) is 0 Å². The number of benzene rings is 1. The van der Waals surface area contributed by atoms with Gasteiger partial charge in [-0.15, -0.1) is 0 Å². The van der Waals surface area contributed by atoms with Crippen LogP contribution in [-0.4, -0.2) is 60.2 Å². The third-order valence-corrected chi connectivity index (χ3v) is 6.50. The predicted octanol–water partition coefficient (Wildman–Crippen LogP) is 1.04. The molecule has 1 saturated heterocycles. The van der Waals surface area contributed by atoms with Gasteiger partial charge < -0.3 is 14.8 Å². The van der Waals surface area contributed by atoms with Gasteiger partial charge in [0.25, 0.3) is 5.56 Å². The summed E-state index contributed by atoms with van der Waals surface area (Å²) in [4.78, 5) is 26.2. The van der Waals surface area contributed by atoms with Crippen molar-refractivity contribution in [2.75, 3.05) is 37.2 Å². The van der Waals surface area contributed by atoms with Gasteiger partial charge in [-0.25, -0.2) is 13.2 Å². The molecule has 1 N–H and O–H groups in total. The Kier molecular flexibility index (Phi) is 5.01. The van der Waals surface area contributed by atoms with E-state index in [0.29, 0.717) is 37.3 Å². The highest BCUT2D eigenvalue weighted by molar-refractivity contribution is 7.89. The highest BCUT2D eigenvalue weighted by Gasteiger charge is 2.27. The van der Waals surface area contributed by atoms with Crippen molar-refractivity contribution in [3.05, 3.63) is 40.8 Å². The lowest BCUT2D eigenvalue weighted by atomic mass is 10.1. The second-order valence-corrected chi connectivity index (χ2v) is 8.51. The number of aryl methyl sites for hydroxylation is 1. The van der Waals surface area contributed by atoms with Gasteiger partial charge in [0, 0.05) is 50.5 Å². The Bertz CT molecular complexity index is 991. The van der Waals surface area contributed by atoms with Crippen molar-refractivity contribution in [3.63, 3.8) is 0 Å². The number of carbonyl (C=O) groups is 1. The number of carbonyl (C=O) groups excluding carboxylic acids is 1. The summed E-state index contributed by atoms with van der Waals surface area (Å²) in [5.74, 6) is 0.0608. The third-order valence-electron chi connectivity index (χ3n) is 4.62. The van der Waals surface area contributed by atoms with Crippen LogP contribution in [0.1, 0.15) is 6.92 Å². The molecule has 0 atom stereocenters. The van der Waals surface area contributed by atoms with Crippen molar-refractivity contribution in [1.82, 2.24) is 13.8 Å². The van der Waals surface area contributed by atoms with Crippen LogP contribution in [-0.2, 0) is 17.1 Å². The number of urea groups is 1. The van der Waals surface area contributed by atoms with Crippen LogP contribution in [0.25, 0.3) is 10.8 Å². The maximum Gasteiger partial charge on any atom is 0.321 e. The van der Waals surface area contributed by atoms with Crippen molar-refractivity contribution in [1.29, 1.82) is 0 Å². The summed E-state index contributed by atoms with van der Waals surface area (Å²) in [6, 6.07) is 6.74. The number of rotatable bonds is 3. The molecule has 26 heavy (non-hydrogen) atoms. The number of hydrogen-bond donors (Lipinski definition) is 1. The van der Waals surface area contributed by atoms with Crippen LogP contribution in [0.15, 0.2) is 35.3 Å². The average molecular weight is 378 g/mol. The Morgan fingerprint density at radius 3 is 2.50 bits per heavy atom.